The molecule has 9 nitrogen and oxygen atoms in total. The van der Waals surface area contributed by atoms with Gasteiger partial charge in [0.1, 0.15) is 24.3 Å². The van der Waals surface area contributed by atoms with Crippen LogP contribution in [-0.4, -0.2) is 50.7 Å². The number of anilines is 1. The van der Waals surface area contributed by atoms with Crippen LogP contribution in [0.5, 0.6) is 5.75 Å². The van der Waals surface area contributed by atoms with Crippen LogP contribution < -0.4 is 10.1 Å². The molecule has 5 rings (SSSR count). The smallest absolute Gasteiger partial charge is 0.167 e. The van der Waals surface area contributed by atoms with Crippen molar-refractivity contribution in [2.45, 2.75) is 57.6 Å². The molecule has 0 saturated carbocycles. The van der Waals surface area contributed by atoms with Crippen molar-refractivity contribution in [2.75, 3.05) is 12.4 Å². The van der Waals surface area contributed by atoms with Crippen LogP contribution in [0.4, 0.5) is 5.82 Å². The van der Waals surface area contributed by atoms with Gasteiger partial charge in [0.15, 0.2) is 29.0 Å². The second-order valence-corrected chi connectivity index (χ2v) is 8.04. The van der Waals surface area contributed by atoms with Crippen LogP contribution in [-0.2, 0) is 20.8 Å². The number of ether oxygens (including phenoxy) is 4. The van der Waals surface area contributed by atoms with Crippen molar-refractivity contribution in [3.8, 4) is 5.75 Å². The lowest BCUT2D eigenvalue weighted by atomic mass is 10.1. The third kappa shape index (κ3) is 3.28. The Hall–Kier alpha value is -2.75. The first-order valence-electron chi connectivity index (χ1n) is 10.0. The molecule has 1 aromatic carbocycles. The van der Waals surface area contributed by atoms with E-state index in [-0.39, 0.29) is 24.5 Å². The molecule has 1 N–H and O–H groups in total. The number of nitrogens with one attached hydrogen (secondary N) is 1. The number of hydrogen-bond donors (Lipinski definition) is 1. The van der Waals surface area contributed by atoms with Crippen LogP contribution in [0.2, 0.25) is 0 Å². The molecular formula is C21H25N5O4. The quantitative estimate of drug-likeness (QED) is 0.685. The van der Waals surface area contributed by atoms with Gasteiger partial charge in [-0.25, -0.2) is 15.0 Å². The Morgan fingerprint density at radius 3 is 2.63 bits per heavy atom. The van der Waals surface area contributed by atoms with Crippen LogP contribution >= 0.6 is 0 Å². The van der Waals surface area contributed by atoms with E-state index in [1.165, 1.54) is 6.33 Å². The summed E-state index contributed by atoms with van der Waals surface area (Å²) in [5.74, 6) is 0.857. The van der Waals surface area contributed by atoms with Gasteiger partial charge in [0.05, 0.1) is 19.5 Å². The zero-order valence-electron chi connectivity index (χ0n) is 17.4. The highest BCUT2D eigenvalue weighted by Crippen LogP contribution is 2.43. The maximum atomic E-state index is 6.15. The minimum absolute atomic E-state index is 0.0891. The minimum atomic E-state index is -0.637. The summed E-state index contributed by atoms with van der Waals surface area (Å²) in [6, 6.07) is 7.88. The predicted molar refractivity (Wildman–Crippen MR) is 109 cm³/mol. The summed E-state index contributed by atoms with van der Waals surface area (Å²) < 4.78 is 25.4. The maximum absolute atomic E-state index is 6.15. The van der Waals surface area contributed by atoms with Crippen molar-refractivity contribution in [1.29, 1.82) is 0 Å². The van der Waals surface area contributed by atoms with Gasteiger partial charge in [-0.1, -0.05) is 12.1 Å². The highest BCUT2D eigenvalue weighted by Gasteiger charge is 2.54. The second-order valence-electron chi connectivity index (χ2n) is 8.04. The summed E-state index contributed by atoms with van der Waals surface area (Å²) in [4.78, 5) is 13.4. The topological polar surface area (TPSA) is 92.6 Å². The molecule has 4 heterocycles. The average molecular weight is 411 g/mol. The Balaban J connectivity index is 1.40. The van der Waals surface area contributed by atoms with Crippen LogP contribution in [0.15, 0.2) is 36.9 Å². The fourth-order valence-corrected chi connectivity index (χ4v) is 4.10. The lowest BCUT2D eigenvalue weighted by molar-refractivity contribution is -0.194. The van der Waals surface area contributed by atoms with Crippen LogP contribution in [0, 0.1) is 0 Å². The molecule has 4 atom stereocenters. The molecule has 0 bridgehead atoms. The van der Waals surface area contributed by atoms with Gasteiger partial charge >= 0.3 is 0 Å². The third-order valence-electron chi connectivity index (χ3n) is 5.51. The molecule has 2 aromatic heterocycles. The van der Waals surface area contributed by atoms with Crippen molar-refractivity contribution >= 4 is 17.0 Å². The summed E-state index contributed by atoms with van der Waals surface area (Å²) in [5.41, 5.74) is 2.48. The van der Waals surface area contributed by atoms with Crippen molar-refractivity contribution in [3.05, 3.63) is 42.5 Å². The van der Waals surface area contributed by atoms with E-state index in [4.69, 9.17) is 18.9 Å². The summed E-state index contributed by atoms with van der Waals surface area (Å²) >= 11 is 0. The van der Waals surface area contributed by atoms with Crippen molar-refractivity contribution in [3.63, 3.8) is 0 Å². The van der Waals surface area contributed by atoms with Crippen molar-refractivity contribution in [1.82, 2.24) is 19.5 Å². The van der Waals surface area contributed by atoms with Crippen LogP contribution in [0.1, 0.15) is 32.6 Å². The highest BCUT2D eigenvalue weighted by molar-refractivity contribution is 5.82. The van der Waals surface area contributed by atoms with Crippen molar-refractivity contribution < 1.29 is 18.9 Å². The molecule has 0 radical (unpaired) electrons. The first-order valence-corrected chi connectivity index (χ1v) is 10.0. The molecule has 9 heteroatoms. The fraction of sp³-hybridized carbons (Fsp3) is 0.476. The molecule has 2 fully saturated rings. The Kier molecular flexibility index (Phi) is 4.61. The van der Waals surface area contributed by atoms with Gasteiger partial charge in [-0.3, -0.25) is 4.57 Å². The van der Waals surface area contributed by atoms with Gasteiger partial charge in [-0.2, -0.15) is 0 Å². The standard InChI is InChI=1S/C21H25N5O4/c1-12-16-17(30-21(2,3)29-16)20(28-12)26-11-25-15-18(23-10-24-19(15)26)22-9-13-5-7-14(27-4)8-6-13/h5-8,10-12,16-17,20H,9H2,1-4H3,(H,22,23,24)/t12-,16+,17+,20-/m1/s1. The van der Waals surface area contributed by atoms with Gasteiger partial charge in [-0.05, 0) is 38.5 Å². The highest BCUT2D eigenvalue weighted by atomic mass is 16.8. The molecule has 0 aliphatic carbocycles. The molecule has 2 saturated heterocycles. The first kappa shape index (κ1) is 19.2. The number of hydrogen-bond acceptors (Lipinski definition) is 8. The number of rotatable bonds is 5. The minimum Gasteiger partial charge on any atom is -0.497 e. The molecule has 30 heavy (non-hydrogen) atoms. The predicted octanol–water partition coefficient (Wildman–Crippen LogP) is 2.88. The lowest BCUT2D eigenvalue weighted by Gasteiger charge is -2.23. The van der Waals surface area contributed by atoms with E-state index >= 15 is 0 Å². The van der Waals surface area contributed by atoms with E-state index in [1.54, 1.807) is 13.4 Å². The van der Waals surface area contributed by atoms with Gasteiger partial charge in [0, 0.05) is 6.54 Å². The summed E-state index contributed by atoms with van der Waals surface area (Å²) in [6.45, 7) is 6.45. The van der Waals surface area contributed by atoms with Gasteiger partial charge in [-0.15, -0.1) is 0 Å². The number of fused-ring (bicyclic) bond motifs is 2. The Morgan fingerprint density at radius 2 is 1.87 bits per heavy atom. The van der Waals surface area contributed by atoms with Crippen molar-refractivity contribution in [2.24, 2.45) is 0 Å². The number of imidazole rings is 1. The monoisotopic (exact) mass is 411 g/mol. The Bertz CT molecular complexity index is 1050. The van der Waals surface area contributed by atoms with E-state index < -0.39 is 5.79 Å². The van der Waals surface area contributed by atoms with E-state index in [9.17, 15) is 0 Å². The lowest BCUT2D eigenvalue weighted by Crippen LogP contribution is -2.27. The molecule has 0 unspecified atom stereocenters. The maximum Gasteiger partial charge on any atom is 0.167 e. The van der Waals surface area contributed by atoms with Gasteiger partial charge in [0.2, 0.25) is 0 Å². The molecule has 2 aliphatic rings. The summed E-state index contributed by atoms with van der Waals surface area (Å²) in [7, 11) is 1.65. The fourth-order valence-electron chi connectivity index (χ4n) is 4.10. The third-order valence-corrected chi connectivity index (χ3v) is 5.51. The van der Waals surface area contributed by atoms with E-state index in [1.807, 2.05) is 49.6 Å². The van der Waals surface area contributed by atoms with E-state index in [0.717, 1.165) is 11.3 Å². The zero-order valence-corrected chi connectivity index (χ0v) is 17.4. The molecule has 158 valence electrons. The molecule has 0 spiro atoms. The Morgan fingerprint density at radius 1 is 1.10 bits per heavy atom. The number of methoxy groups -OCH3 is 1. The van der Waals surface area contributed by atoms with E-state index in [2.05, 4.69) is 20.3 Å². The first-order chi connectivity index (χ1) is 14.4. The Labute approximate surface area is 174 Å². The average Bonchev–Trinajstić information content (AvgIpc) is 3.39. The van der Waals surface area contributed by atoms with Gasteiger partial charge in [0.25, 0.3) is 0 Å². The molecule has 3 aromatic rings. The molecule has 0 amide bonds. The summed E-state index contributed by atoms with van der Waals surface area (Å²) in [5, 5.41) is 3.35. The SMILES string of the molecule is COc1ccc(CNc2ncnc3c2ncn3[C@@H]2O[C@H](C)[C@@H]3OC(C)(C)O[C@@H]32)cc1. The van der Waals surface area contributed by atoms with Crippen LogP contribution in [0.25, 0.3) is 11.2 Å². The van der Waals surface area contributed by atoms with Gasteiger partial charge < -0.3 is 24.3 Å². The normalized spacial score (nSPS) is 27.3. The largest absolute Gasteiger partial charge is 0.497 e. The number of aromatic nitrogens is 4. The number of nitrogens with zero attached hydrogens (tertiary/aromatic N) is 4. The van der Waals surface area contributed by atoms with E-state index in [0.29, 0.717) is 23.5 Å². The zero-order chi connectivity index (χ0) is 20.9. The number of benzene rings is 1. The summed E-state index contributed by atoms with van der Waals surface area (Å²) in [6.07, 6.45) is 2.46. The second kappa shape index (κ2) is 7.19. The molecular weight excluding hydrogens is 386 g/mol. The van der Waals surface area contributed by atoms with Crippen LogP contribution in [0.3, 0.4) is 0 Å². The molecule has 2 aliphatic heterocycles.